The number of aryl methyl sites for hydroxylation is 1. The van der Waals surface area contributed by atoms with Gasteiger partial charge in [0, 0.05) is 5.56 Å². The lowest BCUT2D eigenvalue weighted by molar-refractivity contribution is 0.0690. The summed E-state index contributed by atoms with van der Waals surface area (Å²) in [6.07, 6.45) is 1.20. The van der Waals surface area contributed by atoms with E-state index in [1.54, 1.807) is 6.92 Å². The van der Waals surface area contributed by atoms with Gasteiger partial charge >= 0.3 is 5.97 Å². The fourth-order valence-corrected chi connectivity index (χ4v) is 2.10. The van der Waals surface area contributed by atoms with Crippen LogP contribution in [0, 0.1) is 6.92 Å². The fourth-order valence-electron chi connectivity index (χ4n) is 2.10. The van der Waals surface area contributed by atoms with Gasteiger partial charge < -0.3 is 20.2 Å². The molecule has 4 N–H and O–H groups in total. The Morgan fingerprint density at radius 2 is 2.10 bits per heavy atom. The number of carboxylic acids is 1. The Bertz CT molecular complexity index is 926. The number of fused-ring (bicyclic) bond motifs is 1. The summed E-state index contributed by atoms with van der Waals surface area (Å²) in [6.45, 7) is 1.55. The summed E-state index contributed by atoms with van der Waals surface area (Å²) in [6, 6.07) is 2.86. The van der Waals surface area contributed by atoms with Gasteiger partial charge in [-0.3, -0.25) is 4.79 Å². The summed E-state index contributed by atoms with van der Waals surface area (Å²) >= 11 is 0. The number of nitrogens with zero attached hydrogens (tertiary/aromatic N) is 2. The molecular formula is C13H10N4O4. The van der Waals surface area contributed by atoms with Crippen molar-refractivity contribution in [2.45, 2.75) is 6.92 Å². The number of phenols is 1. The van der Waals surface area contributed by atoms with Gasteiger partial charge in [-0.05, 0) is 19.1 Å². The second kappa shape index (κ2) is 4.44. The number of rotatable bonds is 2. The maximum absolute atomic E-state index is 11.8. The van der Waals surface area contributed by atoms with Crippen molar-refractivity contribution in [1.29, 1.82) is 0 Å². The number of carbonyl (C=O) groups is 1. The average molecular weight is 286 g/mol. The van der Waals surface area contributed by atoms with Crippen LogP contribution in [-0.4, -0.2) is 36.1 Å². The fraction of sp³-hybridized carbons (Fsp3) is 0.0769. The first-order valence-corrected chi connectivity index (χ1v) is 5.98. The van der Waals surface area contributed by atoms with Crippen molar-refractivity contribution in [3.63, 3.8) is 0 Å². The molecule has 8 heteroatoms. The van der Waals surface area contributed by atoms with E-state index in [1.165, 1.54) is 18.5 Å². The van der Waals surface area contributed by atoms with E-state index in [-0.39, 0.29) is 28.2 Å². The molecule has 0 unspecified atom stereocenters. The number of aromatic hydroxyl groups is 1. The maximum Gasteiger partial charge on any atom is 0.354 e. The molecule has 2 aromatic heterocycles. The standard InChI is InChI=1S/C13H10N4O4/c1-5-9(13(20)21)17-11(16-5)6-2-7-10(8(18)3-6)14-4-15-12(7)19/h2-4,18H,1H3,(H,16,17)(H,20,21)(H,14,15,19). The van der Waals surface area contributed by atoms with E-state index in [0.717, 1.165) is 0 Å². The van der Waals surface area contributed by atoms with Crippen LogP contribution in [-0.2, 0) is 0 Å². The van der Waals surface area contributed by atoms with Gasteiger partial charge in [-0.25, -0.2) is 14.8 Å². The van der Waals surface area contributed by atoms with E-state index in [1.807, 2.05) is 0 Å². The highest BCUT2D eigenvalue weighted by atomic mass is 16.4. The highest BCUT2D eigenvalue weighted by Crippen LogP contribution is 2.28. The SMILES string of the molecule is Cc1nc(-c2cc(O)c3nc[nH]c(=O)c3c2)[nH]c1C(=O)O. The van der Waals surface area contributed by atoms with Crippen molar-refractivity contribution in [3.8, 4) is 17.1 Å². The first kappa shape index (κ1) is 12.9. The summed E-state index contributed by atoms with van der Waals surface area (Å²) in [7, 11) is 0. The van der Waals surface area contributed by atoms with Gasteiger partial charge in [0.1, 0.15) is 22.8 Å². The Hall–Kier alpha value is -3.16. The van der Waals surface area contributed by atoms with Crippen molar-refractivity contribution in [3.05, 3.63) is 40.2 Å². The summed E-state index contributed by atoms with van der Waals surface area (Å²) in [4.78, 5) is 35.8. The van der Waals surface area contributed by atoms with Crippen LogP contribution in [0.4, 0.5) is 0 Å². The lowest BCUT2D eigenvalue weighted by Gasteiger charge is -2.02. The number of carboxylic acid groups (broad SMARTS) is 1. The minimum atomic E-state index is -1.13. The minimum Gasteiger partial charge on any atom is -0.506 e. The molecule has 0 spiro atoms. The largest absolute Gasteiger partial charge is 0.506 e. The van der Waals surface area contributed by atoms with E-state index >= 15 is 0 Å². The summed E-state index contributed by atoms with van der Waals surface area (Å²) in [5.41, 5.74) is 0.444. The van der Waals surface area contributed by atoms with Crippen molar-refractivity contribution in [2.24, 2.45) is 0 Å². The monoisotopic (exact) mass is 286 g/mol. The van der Waals surface area contributed by atoms with Gasteiger partial charge in [0.2, 0.25) is 0 Å². The number of imidazole rings is 1. The summed E-state index contributed by atoms with van der Waals surface area (Å²) in [5.74, 6) is -1.05. The number of phenolic OH excluding ortho intramolecular Hbond substituents is 1. The topological polar surface area (TPSA) is 132 Å². The lowest BCUT2D eigenvalue weighted by Crippen LogP contribution is -2.06. The molecule has 3 aromatic rings. The first-order valence-electron chi connectivity index (χ1n) is 5.98. The van der Waals surface area contributed by atoms with Gasteiger partial charge in [-0.1, -0.05) is 0 Å². The predicted octanol–water partition coefficient (Wildman–Crippen LogP) is 1.03. The van der Waals surface area contributed by atoms with Crippen molar-refractivity contribution < 1.29 is 15.0 Å². The third-order valence-electron chi connectivity index (χ3n) is 3.10. The highest BCUT2D eigenvalue weighted by Gasteiger charge is 2.16. The molecule has 0 aliphatic rings. The summed E-state index contributed by atoms with van der Waals surface area (Å²) < 4.78 is 0. The molecule has 3 rings (SSSR count). The molecule has 0 fully saturated rings. The van der Waals surface area contributed by atoms with Crippen molar-refractivity contribution in [2.75, 3.05) is 0 Å². The van der Waals surface area contributed by atoms with Crippen LogP contribution < -0.4 is 5.56 Å². The average Bonchev–Trinajstić information content (AvgIpc) is 2.82. The molecule has 0 saturated carbocycles. The van der Waals surface area contributed by atoms with Crippen LogP contribution in [0.2, 0.25) is 0 Å². The van der Waals surface area contributed by atoms with E-state index < -0.39 is 11.5 Å². The van der Waals surface area contributed by atoms with E-state index in [0.29, 0.717) is 11.3 Å². The highest BCUT2D eigenvalue weighted by molar-refractivity contribution is 5.90. The maximum atomic E-state index is 11.8. The Kier molecular flexibility index (Phi) is 2.72. The van der Waals surface area contributed by atoms with Crippen LogP contribution in [0.25, 0.3) is 22.3 Å². The normalized spacial score (nSPS) is 10.9. The molecule has 106 valence electrons. The van der Waals surface area contributed by atoms with Crippen LogP contribution >= 0.6 is 0 Å². The van der Waals surface area contributed by atoms with Crippen molar-refractivity contribution in [1.82, 2.24) is 19.9 Å². The number of hydrogen-bond donors (Lipinski definition) is 4. The Morgan fingerprint density at radius 1 is 1.33 bits per heavy atom. The van der Waals surface area contributed by atoms with Gasteiger partial charge in [-0.2, -0.15) is 0 Å². The molecule has 2 heterocycles. The predicted molar refractivity (Wildman–Crippen MR) is 73.3 cm³/mol. The van der Waals surface area contributed by atoms with Gasteiger partial charge in [-0.15, -0.1) is 0 Å². The number of hydrogen-bond acceptors (Lipinski definition) is 5. The van der Waals surface area contributed by atoms with E-state index in [2.05, 4.69) is 19.9 Å². The molecule has 0 aliphatic carbocycles. The van der Waals surface area contributed by atoms with Gasteiger partial charge in [0.25, 0.3) is 5.56 Å². The number of aromatic amines is 2. The third-order valence-corrected chi connectivity index (χ3v) is 3.10. The third kappa shape index (κ3) is 2.02. The molecule has 0 bridgehead atoms. The number of benzene rings is 1. The van der Waals surface area contributed by atoms with E-state index in [9.17, 15) is 14.7 Å². The molecule has 0 amide bonds. The minimum absolute atomic E-state index is 0.0373. The smallest absolute Gasteiger partial charge is 0.354 e. The molecule has 0 aliphatic heterocycles. The molecule has 0 radical (unpaired) electrons. The number of nitrogens with one attached hydrogen (secondary N) is 2. The van der Waals surface area contributed by atoms with Crippen LogP contribution in [0.15, 0.2) is 23.3 Å². The molecule has 21 heavy (non-hydrogen) atoms. The zero-order chi connectivity index (χ0) is 15.1. The summed E-state index contributed by atoms with van der Waals surface area (Å²) in [5, 5.41) is 19.2. The molecular weight excluding hydrogens is 276 g/mol. The Balaban J connectivity index is 2.26. The van der Waals surface area contributed by atoms with Crippen LogP contribution in [0.3, 0.4) is 0 Å². The Labute approximate surface area is 117 Å². The Morgan fingerprint density at radius 3 is 2.76 bits per heavy atom. The van der Waals surface area contributed by atoms with Gasteiger partial charge in [0.05, 0.1) is 17.4 Å². The second-order valence-electron chi connectivity index (χ2n) is 4.47. The zero-order valence-corrected chi connectivity index (χ0v) is 10.8. The van der Waals surface area contributed by atoms with Gasteiger partial charge in [0.15, 0.2) is 0 Å². The second-order valence-corrected chi connectivity index (χ2v) is 4.47. The zero-order valence-electron chi connectivity index (χ0n) is 10.8. The van der Waals surface area contributed by atoms with E-state index in [4.69, 9.17) is 5.11 Å². The molecule has 0 atom stereocenters. The van der Waals surface area contributed by atoms with Crippen LogP contribution in [0.1, 0.15) is 16.2 Å². The molecule has 8 nitrogen and oxygen atoms in total. The number of aromatic nitrogens is 4. The lowest BCUT2D eigenvalue weighted by atomic mass is 10.1. The number of H-pyrrole nitrogens is 2. The van der Waals surface area contributed by atoms with Crippen LogP contribution in [0.5, 0.6) is 5.75 Å². The number of aromatic carboxylic acids is 1. The first-order chi connectivity index (χ1) is 9.97. The molecule has 0 saturated heterocycles. The van der Waals surface area contributed by atoms with Crippen molar-refractivity contribution >= 4 is 16.9 Å². The quantitative estimate of drug-likeness (QED) is 0.556. The molecule has 1 aromatic carbocycles.